The van der Waals surface area contributed by atoms with Gasteiger partial charge in [-0.2, -0.15) is 13.2 Å². The molecular formula is C16H17F3N2O3. The van der Waals surface area contributed by atoms with Crippen LogP contribution in [0.1, 0.15) is 24.8 Å². The van der Waals surface area contributed by atoms with Gasteiger partial charge in [-0.15, -0.1) is 0 Å². The quantitative estimate of drug-likeness (QED) is 0.918. The summed E-state index contributed by atoms with van der Waals surface area (Å²) < 4.78 is 39.2. The summed E-state index contributed by atoms with van der Waals surface area (Å²) in [5.41, 5.74) is -0.132. The van der Waals surface area contributed by atoms with Crippen LogP contribution in [-0.2, 0) is 15.8 Å². The van der Waals surface area contributed by atoms with Gasteiger partial charge >= 0.3 is 12.1 Å². The third kappa shape index (κ3) is 3.05. The van der Waals surface area contributed by atoms with Gasteiger partial charge in [0.15, 0.2) is 0 Å². The Bertz CT molecular complexity index is 669. The molecule has 0 saturated carbocycles. The van der Waals surface area contributed by atoms with E-state index in [0.29, 0.717) is 18.8 Å². The molecule has 0 bridgehead atoms. The van der Waals surface area contributed by atoms with Crippen molar-refractivity contribution in [2.45, 2.75) is 25.4 Å². The van der Waals surface area contributed by atoms with Crippen LogP contribution < -0.4 is 9.80 Å². The smallest absolute Gasteiger partial charge is 0.416 e. The lowest BCUT2D eigenvalue weighted by atomic mass is 10.1. The highest BCUT2D eigenvalue weighted by atomic mass is 19.4. The molecule has 24 heavy (non-hydrogen) atoms. The number of benzene rings is 1. The molecule has 0 unspecified atom stereocenters. The van der Waals surface area contributed by atoms with Crippen molar-refractivity contribution < 1.29 is 27.9 Å². The van der Waals surface area contributed by atoms with Gasteiger partial charge in [0.25, 0.3) is 0 Å². The lowest BCUT2D eigenvalue weighted by Crippen LogP contribution is -2.29. The molecule has 8 heteroatoms. The van der Waals surface area contributed by atoms with Gasteiger partial charge in [0.2, 0.25) is 5.91 Å². The van der Waals surface area contributed by atoms with Gasteiger partial charge in [-0.3, -0.25) is 9.59 Å². The van der Waals surface area contributed by atoms with Crippen LogP contribution >= 0.6 is 0 Å². The highest BCUT2D eigenvalue weighted by Gasteiger charge is 2.38. The minimum atomic E-state index is -4.52. The monoisotopic (exact) mass is 342 g/mol. The Hall–Kier alpha value is -2.25. The van der Waals surface area contributed by atoms with Gasteiger partial charge in [-0.25, -0.2) is 0 Å². The van der Waals surface area contributed by atoms with Crippen LogP contribution in [0.25, 0.3) is 0 Å². The van der Waals surface area contributed by atoms with Crippen molar-refractivity contribution in [1.29, 1.82) is 0 Å². The van der Waals surface area contributed by atoms with Crippen LogP contribution in [0.5, 0.6) is 0 Å². The van der Waals surface area contributed by atoms with Gasteiger partial charge in [-0.1, -0.05) is 0 Å². The summed E-state index contributed by atoms with van der Waals surface area (Å²) in [5, 5.41) is 9.09. The van der Waals surface area contributed by atoms with Gasteiger partial charge in [0.05, 0.1) is 22.9 Å². The molecule has 3 rings (SSSR count). The number of carbonyl (C=O) groups is 2. The molecule has 1 aromatic carbocycles. The number of alkyl halides is 3. The Labute approximate surface area is 136 Å². The lowest BCUT2D eigenvalue weighted by molar-refractivity contribution is -0.141. The zero-order valence-electron chi connectivity index (χ0n) is 12.8. The highest BCUT2D eigenvalue weighted by molar-refractivity contribution is 6.01. The first-order valence-corrected chi connectivity index (χ1v) is 7.77. The normalized spacial score (nSPS) is 21.6. The van der Waals surface area contributed by atoms with Gasteiger partial charge in [0.1, 0.15) is 0 Å². The molecule has 0 radical (unpaired) electrons. The van der Waals surface area contributed by atoms with Gasteiger partial charge in [-0.05, 0) is 31.0 Å². The first-order valence-electron chi connectivity index (χ1n) is 7.77. The largest absolute Gasteiger partial charge is 0.481 e. The van der Waals surface area contributed by atoms with E-state index in [4.69, 9.17) is 5.11 Å². The number of hydrogen-bond acceptors (Lipinski definition) is 3. The summed E-state index contributed by atoms with van der Waals surface area (Å²) in [6.45, 7) is 1.32. The molecule has 1 aromatic rings. The lowest BCUT2D eigenvalue weighted by Gasteiger charge is -2.27. The average molecular weight is 342 g/mol. The molecule has 2 fully saturated rings. The number of hydrogen-bond donors (Lipinski definition) is 1. The second-order valence-electron chi connectivity index (χ2n) is 6.14. The van der Waals surface area contributed by atoms with E-state index in [1.165, 1.54) is 11.0 Å². The van der Waals surface area contributed by atoms with Crippen LogP contribution in [0.15, 0.2) is 18.2 Å². The van der Waals surface area contributed by atoms with E-state index in [1.807, 2.05) is 4.90 Å². The Kier molecular flexibility index (Phi) is 4.15. The predicted octanol–water partition coefficient (Wildman–Crippen LogP) is 2.74. The number of anilines is 2. The zero-order chi connectivity index (χ0) is 17.5. The molecule has 5 nitrogen and oxygen atoms in total. The molecule has 0 aromatic heterocycles. The summed E-state index contributed by atoms with van der Waals surface area (Å²) in [7, 11) is 0. The van der Waals surface area contributed by atoms with Crippen LogP contribution in [-0.4, -0.2) is 36.6 Å². The maximum Gasteiger partial charge on any atom is 0.416 e. The Balaban J connectivity index is 2.02. The number of aliphatic carboxylic acids is 1. The molecule has 2 aliphatic heterocycles. The first-order chi connectivity index (χ1) is 11.3. The minimum absolute atomic E-state index is 0.101. The maximum atomic E-state index is 13.1. The number of carboxylic acids is 1. The third-order valence-electron chi connectivity index (χ3n) is 4.51. The summed E-state index contributed by atoms with van der Waals surface area (Å²) in [5.74, 6) is -2.46. The predicted molar refractivity (Wildman–Crippen MR) is 81.0 cm³/mol. The number of carboxylic acid groups (broad SMARTS) is 1. The topological polar surface area (TPSA) is 60.9 Å². The summed E-state index contributed by atoms with van der Waals surface area (Å²) in [6, 6.07) is 3.34. The van der Waals surface area contributed by atoms with Crippen LogP contribution in [0.3, 0.4) is 0 Å². The average Bonchev–Trinajstić information content (AvgIpc) is 3.15. The van der Waals surface area contributed by atoms with Crippen LogP contribution in [0.2, 0.25) is 0 Å². The molecule has 1 N–H and O–H groups in total. The highest BCUT2D eigenvalue weighted by Crippen LogP contribution is 2.40. The molecule has 1 amide bonds. The third-order valence-corrected chi connectivity index (χ3v) is 4.51. The number of nitrogens with zero attached hydrogens (tertiary/aromatic N) is 2. The Morgan fingerprint density at radius 3 is 2.38 bits per heavy atom. The molecule has 0 spiro atoms. The van der Waals surface area contributed by atoms with E-state index in [2.05, 4.69) is 0 Å². The maximum absolute atomic E-state index is 13.1. The van der Waals surface area contributed by atoms with Gasteiger partial charge in [0, 0.05) is 26.1 Å². The van der Waals surface area contributed by atoms with Crippen molar-refractivity contribution in [3.63, 3.8) is 0 Å². The number of rotatable bonds is 3. The SMILES string of the molecule is O=C(O)[C@H]1CC(=O)N(c2cc(C(F)(F)F)ccc2N2CCCC2)C1. The van der Waals surface area contributed by atoms with Gasteiger partial charge < -0.3 is 14.9 Å². The molecule has 2 aliphatic rings. The van der Waals surface area contributed by atoms with E-state index < -0.39 is 29.5 Å². The van der Waals surface area contributed by atoms with Crippen LogP contribution in [0.4, 0.5) is 24.5 Å². The van der Waals surface area contributed by atoms with E-state index in [9.17, 15) is 22.8 Å². The van der Waals surface area contributed by atoms with Crippen molar-refractivity contribution in [3.05, 3.63) is 23.8 Å². The van der Waals surface area contributed by atoms with E-state index >= 15 is 0 Å². The molecule has 2 saturated heterocycles. The van der Waals surface area contributed by atoms with Crippen molar-refractivity contribution in [1.82, 2.24) is 0 Å². The summed E-state index contributed by atoms with van der Waals surface area (Å²) in [4.78, 5) is 26.4. The summed E-state index contributed by atoms with van der Waals surface area (Å²) in [6.07, 6.45) is -2.84. The molecule has 130 valence electrons. The van der Waals surface area contributed by atoms with E-state index in [-0.39, 0.29) is 18.7 Å². The Morgan fingerprint density at radius 2 is 1.83 bits per heavy atom. The Morgan fingerprint density at radius 1 is 1.17 bits per heavy atom. The van der Waals surface area contributed by atoms with Crippen molar-refractivity contribution in [2.75, 3.05) is 29.4 Å². The summed E-state index contributed by atoms with van der Waals surface area (Å²) >= 11 is 0. The van der Waals surface area contributed by atoms with Crippen LogP contribution in [0, 0.1) is 5.92 Å². The fourth-order valence-corrected chi connectivity index (χ4v) is 3.25. The second-order valence-corrected chi connectivity index (χ2v) is 6.14. The van der Waals surface area contributed by atoms with E-state index in [1.54, 1.807) is 0 Å². The molecule has 2 heterocycles. The number of amides is 1. The first kappa shape index (κ1) is 16.6. The van der Waals surface area contributed by atoms with Crippen molar-refractivity contribution >= 4 is 23.3 Å². The molecule has 1 atom stereocenters. The fourth-order valence-electron chi connectivity index (χ4n) is 3.25. The molecular weight excluding hydrogens is 325 g/mol. The second kappa shape index (κ2) is 5.99. The van der Waals surface area contributed by atoms with E-state index in [0.717, 1.165) is 25.0 Å². The fraction of sp³-hybridized carbons (Fsp3) is 0.500. The molecule has 0 aliphatic carbocycles. The van der Waals surface area contributed by atoms with Crippen molar-refractivity contribution in [2.24, 2.45) is 5.92 Å². The number of carbonyl (C=O) groups excluding carboxylic acids is 1. The zero-order valence-corrected chi connectivity index (χ0v) is 12.8. The van der Waals surface area contributed by atoms with Crippen molar-refractivity contribution in [3.8, 4) is 0 Å². The standard InChI is InChI=1S/C16H17F3N2O3/c17-16(18,19)11-3-4-12(20-5-1-2-6-20)13(8-11)21-9-10(15(23)24)7-14(21)22/h3-4,8,10H,1-2,5-7,9H2,(H,23,24)/t10-/m0/s1. The number of halogens is 3. The minimum Gasteiger partial charge on any atom is -0.481 e.